The fourth-order valence-electron chi connectivity index (χ4n) is 1.63. The second kappa shape index (κ2) is 3.65. The summed E-state index contributed by atoms with van der Waals surface area (Å²) in [7, 11) is 0. The molecule has 1 amide bonds. The number of carbonyl (C=O) groups is 2. The SMILES string of the molecule is CC1(C(=O)O)CN(c2ccccc2O)C(=O)O1. The van der Waals surface area contributed by atoms with Gasteiger partial charge in [-0.1, -0.05) is 12.1 Å². The van der Waals surface area contributed by atoms with Crippen molar-refractivity contribution >= 4 is 17.7 Å². The summed E-state index contributed by atoms with van der Waals surface area (Å²) in [6, 6.07) is 6.18. The number of aliphatic carboxylic acids is 1. The van der Waals surface area contributed by atoms with Crippen LogP contribution < -0.4 is 4.90 Å². The zero-order valence-corrected chi connectivity index (χ0v) is 9.08. The van der Waals surface area contributed by atoms with Gasteiger partial charge in [0.15, 0.2) is 0 Å². The summed E-state index contributed by atoms with van der Waals surface area (Å²) >= 11 is 0. The van der Waals surface area contributed by atoms with Crippen molar-refractivity contribution < 1.29 is 24.5 Å². The number of cyclic esters (lactones) is 1. The van der Waals surface area contributed by atoms with Crippen LogP contribution in [0.4, 0.5) is 10.5 Å². The molecule has 1 aliphatic heterocycles. The van der Waals surface area contributed by atoms with E-state index in [4.69, 9.17) is 9.84 Å². The molecule has 1 atom stereocenters. The van der Waals surface area contributed by atoms with E-state index in [0.29, 0.717) is 0 Å². The maximum absolute atomic E-state index is 11.6. The Balaban J connectivity index is 2.34. The van der Waals surface area contributed by atoms with Crippen molar-refractivity contribution in [1.82, 2.24) is 0 Å². The zero-order chi connectivity index (χ0) is 12.6. The second-order valence-electron chi connectivity index (χ2n) is 3.98. The van der Waals surface area contributed by atoms with Gasteiger partial charge in [0.2, 0.25) is 5.60 Å². The van der Waals surface area contributed by atoms with Crippen LogP contribution in [0.5, 0.6) is 5.75 Å². The first-order valence-corrected chi connectivity index (χ1v) is 4.96. The van der Waals surface area contributed by atoms with Gasteiger partial charge < -0.3 is 14.9 Å². The Bertz CT molecular complexity index is 487. The molecule has 1 aromatic rings. The van der Waals surface area contributed by atoms with Crippen LogP contribution in [0.3, 0.4) is 0 Å². The highest BCUT2D eigenvalue weighted by atomic mass is 16.6. The molecule has 0 radical (unpaired) electrons. The molecule has 0 spiro atoms. The van der Waals surface area contributed by atoms with Crippen LogP contribution in [0.2, 0.25) is 0 Å². The Kier molecular flexibility index (Phi) is 2.42. The third kappa shape index (κ3) is 1.77. The van der Waals surface area contributed by atoms with Crippen LogP contribution in [-0.4, -0.2) is 34.4 Å². The molecule has 1 heterocycles. The average Bonchev–Trinajstić information content (AvgIpc) is 2.56. The number of benzene rings is 1. The first-order valence-electron chi connectivity index (χ1n) is 4.96. The molecule has 6 nitrogen and oxygen atoms in total. The van der Waals surface area contributed by atoms with Crippen LogP contribution >= 0.6 is 0 Å². The third-order valence-electron chi connectivity index (χ3n) is 2.62. The Morgan fingerprint density at radius 3 is 2.65 bits per heavy atom. The lowest BCUT2D eigenvalue weighted by atomic mass is 10.1. The molecule has 1 saturated heterocycles. The quantitative estimate of drug-likeness (QED) is 0.806. The van der Waals surface area contributed by atoms with Crippen molar-refractivity contribution in [2.75, 3.05) is 11.4 Å². The summed E-state index contributed by atoms with van der Waals surface area (Å²) in [5, 5.41) is 18.6. The number of phenols is 1. The molecule has 2 rings (SSSR count). The Morgan fingerprint density at radius 1 is 1.47 bits per heavy atom. The minimum Gasteiger partial charge on any atom is -0.506 e. The van der Waals surface area contributed by atoms with E-state index in [2.05, 4.69) is 0 Å². The molecule has 90 valence electrons. The topological polar surface area (TPSA) is 87.1 Å². The molecule has 2 N–H and O–H groups in total. The number of phenolic OH excluding ortho intramolecular Hbond substituents is 1. The van der Waals surface area contributed by atoms with Crippen molar-refractivity contribution in [3.63, 3.8) is 0 Å². The van der Waals surface area contributed by atoms with E-state index in [0.717, 1.165) is 4.90 Å². The van der Waals surface area contributed by atoms with E-state index >= 15 is 0 Å². The Hall–Kier alpha value is -2.24. The summed E-state index contributed by atoms with van der Waals surface area (Å²) in [5.41, 5.74) is -1.35. The molecule has 1 fully saturated rings. The van der Waals surface area contributed by atoms with Gasteiger partial charge in [0.25, 0.3) is 0 Å². The molecule has 6 heteroatoms. The lowest BCUT2D eigenvalue weighted by molar-refractivity contribution is -0.152. The molecular formula is C11H11NO5. The van der Waals surface area contributed by atoms with E-state index in [1.165, 1.54) is 19.1 Å². The van der Waals surface area contributed by atoms with Gasteiger partial charge in [0.05, 0.1) is 12.2 Å². The molecule has 1 aliphatic rings. The predicted molar refractivity (Wildman–Crippen MR) is 58.0 cm³/mol. The zero-order valence-electron chi connectivity index (χ0n) is 9.08. The molecule has 1 aromatic carbocycles. The molecule has 0 bridgehead atoms. The summed E-state index contributed by atoms with van der Waals surface area (Å²) in [6.07, 6.45) is -0.781. The van der Waals surface area contributed by atoms with Crippen LogP contribution in [-0.2, 0) is 9.53 Å². The second-order valence-corrected chi connectivity index (χ2v) is 3.98. The number of carboxylic acid groups (broad SMARTS) is 1. The smallest absolute Gasteiger partial charge is 0.415 e. The average molecular weight is 237 g/mol. The summed E-state index contributed by atoms with van der Waals surface area (Å²) < 4.78 is 4.81. The highest BCUT2D eigenvalue weighted by Crippen LogP contribution is 2.33. The fraction of sp³-hybridized carbons (Fsp3) is 0.273. The monoisotopic (exact) mass is 237 g/mol. The number of carboxylic acids is 1. The normalized spacial score (nSPS) is 23.6. The first-order chi connectivity index (χ1) is 7.94. The van der Waals surface area contributed by atoms with Gasteiger partial charge in [-0.2, -0.15) is 0 Å². The van der Waals surface area contributed by atoms with E-state index in [-0.39, 0.29) is 18.0 Å². The summed E-state index contributed by atoms with van der Waals surface area (Å²) in [6.45, 7) is 1.17. The van der Waals surface area contributed by atoms with Crippen molar-refractivity contribution in [3.05, 3.63) is 24.3 Å². The predicted octanol–water partition coefficient (Wildman–Crippen LogP) is 1.19. The fourth-order valence-corrected chi connectivity index (χ4v) is 1.63. The number of amides is 1. The highest BCUT2D eigenvalue weighted by Gasteiger charge is 2.48. The van der Waals surface area contributed by atoms with Crippen molar-refractivity contribution in [1.29, 1.82) is 0 Å². The number of ether oxygens (including phenoxy) is 1. The molecule has 17 heavy (non-hydrogen) atoms. The van der Waals surface area contributed by atoms with E-state index < -0.39 is 17.7 Å². The number of rotatable bonds is 2. The van der Waals surface area contributed by atoms with E-state index in [1.807, 2.05) is 0 Å². The van der Waals surface area contributed by atoms with Crippen molar-refractivity contribution in [3.8, 4) is 5.75 Å². The van der Waals surface area contributed by atoms with Crippen molar-refractivity contribution in [2.24, 2.45) is 0 Å². The molecule has 0 aliphatic carbocycles. The summed E-state index contributed by atoms with van der Waals surface area (Å²) in [4.78, 5) is 23.6. The van der Waals surface area contributed by atoms with Gasteiger partial charge in [-0.3, -0.25) is 4.90 Å². The standard InChI is InChI=1S/C11H11NO5/c1-11(9(14)15)6-12(10(16)17-11)7-4-2-3-5-8(7)13/h2-5,13H,6H2,1H3,(H,14,15). The lowest BCUT2D eigenvalue weighted by Crippen LogP contribution is -2.39. The Labute approximate surface area is 97.0 Å². The number of carbonyl (C=O) groups excluding carboxylic acids is 1. The van der Waals surface area contributed by atoms with Gasteiger partial charge in [0.1, 0.15) is 5.75 Å². The molecule has 1 unspecified atom stereocenters. The van der Waals surface area contributed by atoms with E-state index in [9.17, 15) is 14.7 Å². The van der Waals surface area contributed by atoms with Crippen molar-refractivity contribution in [2.45, 2.75) is 12.5 Å². The Morgan fingerprint density at radius 2 is 2.12 bits per heavy atom. The van der Waals surface area contributed by atoms with Crippen LogP contribution in [0, 0.1) is 0 Å². The lowest BCUT2D eigenvalue weighted by Gasteiger charge is -2.16. The van der Waals surface area contributed by atoms with Gasteiger partial charge in [-0.15, -0.1) is 0 Å². The number of aromatic hydroxyl groups is 1. The van der Waals surface area contributed by atoms with Crippen LogP contribution in [0.25, 0.3) is 0 Å². The maximum Gasteiger partial charge on any atom is 0.415 e. The minimum absolute atomic E-state index is 0.0981. The largest absolute Gasteiger partial charge is 0.506 e. The molecule has 0 aromatic heterocycles. The molecular weight excluding hydrogens is 226 g/mol. The summed E-state index contributed by atoms with van der Waals surface area (Å²) in [5.74, 6) is -1.32. The van der Waals surface area contributed by atoms with E-state index in [1.54, 1.807) is 12.1 Å². The maximum atomic E-state index is 11.6. The molecule has 0 saturated carbocycles. The van der Waals surface area contributed by atoms with Crippen LogP contribution in [0.1, 0.15) is 6.92 Å². The first kappa shape index (κ1) is 11.3. The third-order valence-corrected chi connectivity index (χ3v) is 2.62. The number of para-hydroxylation sites is 2. The van der Waals surface area contributed by atoms with Gasteiger partial charge >= 0.3 is 12.1 Å². The number of hydrogen-bond acceptors (Lipinski definition) is 4. The highest BCUT2D eigenvalue weighted by molar-refractivity contribution is 5.96. The van der Waals surface area contributed by atoms with Gasteiger partial charge in [-0.05, 0) is 19.1 Å². The van der Waals surface area contributed by atoms with Gasteiger partial charge in [0, 0.05) is 0 Å². The number of hydrogen-bond donors (Lipinski definition) is 2. The minimum atomic E-state index is -1.58. The van der Waals surface area contributed by atoms with Gasteiger partial charge in [-0.25, -0.2) is 9.59 Å². The number of anilines is 1. The number of nitrogens with zero attached hydrogens (tertiary/aromatic N) is 1. The van der Waals surface area contributed by atoms with Crippen LogP contribution in [0.15, 0.2) is 24.3 Å².